The van der Waals surface area contributed by atoms with Gasteiger partial charge in [-0.2, -0.15) is 0 Å². The minimum atomic E-state index is -2.96. The molecule has 5 rings (SSSR count). The Morgan fingerprint density at radius 1 is 1.00 bits per heavy atom. The van der Waals surface area contributed by atoms with E-state index in [1.165, 1.54) is 0 Å². The first-order valence-corrected chi connectivity index (χ1v) is 11.3. The number of hydrogen-bond donors (Lipinski definition) is 2. The number of sulfone groups is 1. The molecule has 3 N–H and O–H groups in total. The zero-order valence-electron chi connectivity index (χ0n) is 15.4. The van der Waals surface area contributed by atoms with Crippen molar-refractivity contribution in [1.29, 1.82) is 0 Å². The summed E-state index contributed by atoms with van der Waals surface area (Å²) in [6.07, 6.45) is 4.80. The topological polar surface area (TPSA) is 93.0 Å². The molecule has 1 unspecified atom stereocenters. The van der Waals surface area contributed by atoms with E-state index in [-0.39, 0.29) is 16.4 Å². The Kier molecular flexibility index (Phi) is 3.88. The lowest BCUT2D eigenvalue weighted by molar-refractivity contribution is 0.100. The molecule has 2 bridgehead atoms. The molecule has 0 aliphatic carbocycles. The van der Waals surface area contributed by atoms with Gasteiger partial charge in [0.1, 0.15) is 0 Å². The number of carbonyl (C=O) groups excluding carboxylic acids is 1. The van der Waals surface area contributed by atoms with Crippen molar-refractivity contribution in [2.24, 2.45) is 5.73 Å². The summed E-state index contributed by atoms with van der Waals surface area (Å²) in [5.74, 6) is -0.288. The summed E-state index contributed by atoms with van der Waals surface area (Å²) in [5, 5.41) is 0.516. The van der Waals surface area contributed by atoms with Gasteiger partial charge in [-0.3, -0.25) is 4.79 Å². The third-order valence-corrected chi connectivity index (χ3v) is 9.18. The Morgan fingerprint density at radius 3 is 2.32 bits per heavy atom. The number of hydrogen-bond acceptors (Lipinski definition) is 3. The number of benzene rings is 2. The second kappa shape index (κ2) is 6.21. The second-order valence-corrected chi connectivity index (χ2v) is 10.5. The van der Waals surface area contributed by atoms with E-state index in [0.29, 0.717) is 18.4 Å². The second-order valence-electron chi connectivity index (χ2n) is 8.00. The van der Waals surface area contributed by atoms with Crippen LogP contribution in [0.2, 0.25) is 0 Å². The fourth-order valence-corrected chi connectivity index (χ4v) is 7.52. The van der Waals surface area contributed by atoms with E-state index in [1.54, 1.807) is 0 Å². The van der Waals surface area contributed by atoms with Crippen molar-refractivity contribution in [3.05, 3.63) is 59.8 Å². The number of H-pyrrole nitrogens is 1. The van der Waals surface area contributed by atoms with Gasteiger partial charge in [0.2, 0.25) is 0 Å². The van der Waals surface area contributed by atoms with E-state index in [1.807, 2.05) is 42.6 Å². The molecule has 144 valence electrons. The van der Waals surface area contributed by atoms with E-state index >= 15 is 0 Å². The van der Waals surface area contributed by atoms with Crippen LogP contribution in [0.1, 0.15) is 47.5 Å². The molecule has 2 fully saturated rings. The maximum atomic E-state index is 12.5. The average molecular weight is 394 g/mol. The fourth-order valence-electron chi connectivity index (χ4n) is 5.04. The molecule has 2 aromatic carbocycles. The summed E-state index contributed by atoms with van der Waals surface area (Å²) in [6, 6.07) is 13.8. The highest BCUT2D eigenvalue weighted by Gasteiger charge is 2.47. The highest BCUT2D eigenvalue weighted by molar-refractivity contribution is 7.93. The number of carbonyl (C=O) groups is 1. The number of fused-ring (bicyclic) bond motifs is 3. The predicted octanol–water partition coefficient (Wildman–Crippen LogP) is 3.76. The summed E-state index contributed by atoms with van der Waals surface area (Å²) in [7, 11) is -2.96. The van der Waals surface area contributed by atoms with E-state index in [9.17, 15) is 13.2 Å². The van der Waals surface area contributed by atoms with Gasteiger partial charge in [0.15, 0.2) is 9.84 Å². The monoisotopic (exact) mass is 394 g/mol. The lowest BCUT2D eigenvalue weighted by Gasteiger charge is -2.28. The third-order valence-electron chi connectivity index (χ3n) is 6.47. The van der Waals surface area contributed by atoms with Crippen molar-refractivity contribution in [2.75, 3.05) is 0 Å². The molecule has 5 nitrogen and oxygen atoms in total. The Balaban J connectivity index is 1.65. The Bertz CT molecular complexity index is 1160. The molecule has 6 heteroatoms. The molecular formula is C22H22N2O3S. The summed E-state index contributed by atoms with van der Waals surface area (Å²) in [5.41, 5.74) is 9.93. The first-order chi connectivity index (χ1) is 13.4. The van der Waals surface area contributed by atoms with Gasteiger partial charge in [-0.25, -0.2) is 8.42 Å². The molecular weight excluding hydrogens is 372 g/mol. The first kappa shape index (κ1) is 17.5. The van der Waals surface area contributed by atoms with E-state index in [0.717, 1.165) is 40.4 Å². The molecule has 0 radical (unpaired) electrons. The number of primary amides is 1. The van der Waals surface area contributed by atoms with E-state index in [2.05, 4.69) is 11.1 Å². The standard InChI is InChI=1S/C22H22N2O3S/c23-22(25)19-11-14(13-4-2-1-3-5-13)10-18-20(12-24-21(18)19)15-8-16-6-7-17(9-15)28(16,26)27/h1-5,10-12,15-17,24H,6-9H2,(H2,23,25)/t15?,16-,17+. The van der Waals surface area contributed by atoms with Gasteiger partial charge < -0.3 is 10.7 Å². The predicted molar refractivity (Wildman–Crippen MR) is 110 cm³/mol. The SMILES string of the molecule is NC(=O)c1cc(-c2ccccc2)cc2c(C3C[C@H]4CC[C@@H](C3)S4(=O)=O)c[nH]c12. The van der Waals surface area contributed by atoms with E-state index < -0.39 is 15.7 Å². The van der Waals surface area contributed by atoms with Gasteiger partial charge in [-0.1, -0.05) is 30.3 Å². The highest BCUT2D eigenvalue weighted by atomic mass is 32.2. The molecule has 2 aliphatic rings. The minimum Gasteiger partial charge on any atom is -0.366 e. The Morgan fingerprint density at radius 2 is 1.68 bits per heavy atom. The number of amides is 1. The zero-order valence-corrected chi connectivity index (χ0v) is 16.2. The van der Waals surface area contributed by atoms with Crippen LogP contribution in [-0.4, -0.2) is 29.8 Å². The quantitative estimate of drug-likeness (QED) is 0.708. The minimum absolute atomic E-state index is 0.182. The largest absolute Gasteiger partial charge is 0.366 e. The summed E-state index contributed by atoms with van der Waals surface area (Å²) < 4.78 is 24.9. The lowest BCUT2D eigenvalue weighted by Crippen LogP contribution is -2.31. The third kappa shape index (κ3) is 2.58. The molecule has 3 atom stereocenters. The normalized spacial score (nSPS) is 25.8. The zero-order chi connectivity index (χ0) is 19.5. The van der Waals surface area contributed by atoms with Crippen LogP contribution in [0.25, 0.3) is 22.0 Å². The molecule has 0 saturated carbocycles. The van der Waals surface area contributed by atoms with Crippen molar-refractivity contribution < 1.29 is 13.2 Å². The number of rotatable bonds is 3. The molecule has 1 amide bonds. The molecule has 3 heterocycles. The van der Waals surface area contributed by atoms with Crippen molar-refractivity contribution in [3.63, 3.8) is 0 Å². The van der Waals surface area contributed by atoms with Crippen LogP contribution in [0.15, 0.2) is 48.7 Å². The molecule has 0 spiro atoms. The number of nitrogens with two attached hydrogens (primary N) is 1. The van der Waals surface area contributed by atoms with Gasteiger partial charge in [-0.15, -0.1) is 0 Å². The van der Waals surface area contributed by atoms with Gasteiger partial charge in [0.05, 0.1) is 21.6 Å². The van der Waals surface area contributed by atoms with Crippen LogP contribution in [0.4, 0.5) is 0 Å². The van der Waals surface area contributed by atoms with Gasteiger partial charge in [0, 0.05) is 11.6 Å². The Hall–Kier alpha value is -2.60. The number of aromatic nitrogens is 1. The Labute approximate surface area is 163 Å². The van der Waals surface area contributed by atoms with E-state index in [4.69, 9.17) is 5.73 Å². The fraction of sp³-hybridized carbons (Fsp3) is 0.318. The molecule has 2 aliphatic heterocycles. The van der Waals surface area contributed by atoms with Crippen molar-refractivity contribution >= 4 is 26.6 Å². The van der Waals surface area contributed by atoms with Crippen LogP contribution in [0, 0.1) is 0 Å². The van der Waals surface area contributed by atoms with Crippen LogP contribution in [0.5, 0.6) is 0 Å². The average Bonchev–Trinajstić information content (AvgIpc) is 3.12. The van der Waals surface area contributed by atoms with Crippen LogP contribution < -0.4 is 5.73 Å². The van der Waals surface area contributed by atoms with Crippen LogP contribution in [0.3, 0.4) is 0 Å². The summed E-state index contributed by atoms with van der Waals surface area (Å²) in [6.45, 7) is 0. The maximum absolute atomic E-state index is 12.5. The number of nitrogens with one attached hydrogen (secondary N) is 1. The van der Waals surface area contributed by atoms with Crippen LogP contribution in [-0.2, 0) is 9.84 Å². The lowest BCUT2D eigenvalue weighted by atomic mass is 9.89. The molecule has 3 aromatic rings. The van der Waals surface area contributed by atoms with Crippen molar-refractivity contribution in [3.8, 4) is 11.1 Å². The summed E-state index contributed by atoms with van der Waals surface area (Å²) in [4.78, 5) is 15.3. The molecule has 2 saturated heterocycles. The van der Waals surface area contributed by atoms with Gasteiger partial charge in [0.25, 0.3) is 5.91 Å². The van der Waals surface area contributed by atoms with Gasteiger partial charge >= 0.3 is 0 Å². The van der Waals surface area contributed by atoms with Crippen molar-refractivity contribution in [2.45, 2.75) is 42.1 Å². The van der Waals surface area contributed by atoms with Crippen molar-refractivity contribution in [1.82, 2.24) is 4.98 Å². The van der Waals surface area contributed by atoms with Crippen LogP contribution >= 0.6 is 0 Å². The number of aromatic amines is 1. The summed E-state index contributed by atoms with van der Waals surface area (Å²) >= 11 is 0. The maximum Gasteiger partial charge on any atom is 0.250 e. The highest BCUT2D eigenvalue weighted by Crippen LogP contribution is 2.47. The molecule has 28 heavy (non-hydrogen) atoms. The smallest absolute Gasteiger partial charge is 0.250 e. The molecule has 1 aromatic heterocycles. The first-order valence-electron chi connectivity index (χ1n) is 9.68. The van der Waals surface area contributed by atoms with Gasteiger partial charge in [-0.05, 0) is 60.4 Å².